The van der Waals surface area contributed by atoms with E-state index in [2.05, 4.69) is 15.9 Å². The first-order valence-corrected chi connectivity index (χ1v) is 4.41. The molecule has 1 aromatic heterocycles. The topological polar surface area (TPSA) is 56.2 Å². The first-order chi connectivity index (χ1) is 5.59. The van der Waals surface area contributed by atoms with Gasteiger partial charge in [-0.25, -0.2) is 0 Å². The highest BCUT2D eigenvalue weighted by Gasteiger charge is 2.10. The molecule has 0 aliphatic carbocycles. The van der Waals surface area contributed by atoms with Crippen molar-refractivity contribution in [1.82, 2.24) is 0 Å². The summed E-state index contributed by atoms with van der Waals surface area (Å²) in [6, 6.07) is 3.09. The molecule has 0 aliphatic heterocycles. The summed E-state index contributed by atoms with van der Waals surface area (Å²) in [7, 11) is 0. The molecule has 0 spiro atoms. The summed E-state index contributed by atoms with van der Waals surface area (Å²) in [5, 5.41) is 0. The van der Waals surface area contributed by atoms with Gasteiger partial charge in [0, 0.05) is 0 Å². The monoisotopic (exact) mass is 231 g/mol. The number of halogens is 1. The Kier molecular flexibility index (Phi) is 3.05. The maximum atomic E-state index is 11.1. The van der Waals surface area contributed by atoms with Crippen LogP contribution >= 0.6 is 15.9 Å². The highest BCUT2D eigenvalue weighted by Crippen LogP contribution is 2.14. The number of carbonyl (C=O) groups is 1. The van der Waals surface area contributed by atoms with Gasteiger partial charge in [-0.15, -0.1) is 0 Å². The summed E-state index contributed by atoms with van der Waals surface area (Å²) in [5.74, 6) is 0.626. The molecule has 0 saturated heterocycles. The van der Waals surface area contributed by atoms with Crippen LogP contribution in [0.15, 0.2) is 21.2 Å². The second kappa shape index (κ2) is 3.87. The normalized spacial score (nSPS) is 12.9. The first-order valence-electron chi connectivity index (χ1n) is 3.62. The van der Waals surface area contributed by atoms with Gasteiger partial charge in [0.15, 0.2) is 10.5 Å². The SMILES string of the molecule is CC(N)C(=O)Cc1ccc(Br)o1. The van der Waals surface area contributed by atoms with Crippen LogP contribution in [-0.2, 0) is 11.2 Å². The molecule has 2 N–H and O–H groups in total. The van der Waals surface area contributed by atoms with Gasteiger partial charge in [0.25, 0.3) is 0 Å². The fourth-order valence-corrected chi connectivity index (χ4v) is 1.12. The molecule has 1 unspecified atom stereocenters. The predicted molar refractivity (Wildman–Crippen MR) is 48.8 cm³/mol. The minimum absolute atomic E-state index is 0.0168. The van der Waals surface area contributed by atoms with Gasteiger partial charge in [0.1, 0.15) is 5.76 Å². The van der Waals surface area contributed by atoms with Gasteiger partial charge in [0.2, 0.25) is 0 Å². The van der Waals surface area contributed by atoms with Crippen molar-refractivity contribution < 1.29 is 9.21 Å². The molecule has 4 heteroatoms. The van der Waals surface area contributed by atoms with Crippen molar-refractivity contribution in [2.24, 2.45) is 5.73 Å². The van der Waals surface area contributed by atoms with Crippen LogP contribution in [0.2, 0.25) is 0 Å². The number of rotatable bonds is 3. The number of hydrogen-bond acceptors (Lipinski definition) is 3. The molecule has 0 saturated carbocycles. The fraction of sp³-hybridized carbons (Fsp3) is 0.375. The van der Waals surface area contributed by atoms with Gasteiger partial charge >= 0.3 is 0 Å². The van der Waals surface area contributed by atoms with Crippen LogP contribution in [0, 0.1) is 0 Å². The molecular weight excluding hydrogens is 222 g/mol. The molecule has 1 aromatic rings. The lowest BCUT2D eigenvalue weighted by Crippen LogP contribution is -2.27. The van der Waals surface area contributed by atoms with Crippen LogP contribution < -0.4 is 5.73 Å². The van der Waals surface area contributed by atoms with Crippen LogP contribution in [0.1, 0.15) is 12.7 Å². The predicted octanol–water partition coefficient (Wildman–Crippen LogP) is 1.50. The summed E-state index contributed by atoms with van der Waals surface area (Å²) in [5.41, 5.74) is 5.39. The van der Waals surface area contributed by atoms with Crippen LogP contribution in [0.3, 0.4) is 0 Å². The Morgan fingerprint density at radius 1 is 1.75 bits per heavy atom. The third kappa shape index (κ3) is 2.46. The van der Waals surface area contributed by atoms with Gasteiger partial charge in [-0.1, -0.05) is 0 Å². The maximum Gasteiger partial charge on any atom is 0.169 e. The number of nitrogens with two attached hydrogens (primary N) is 1. The highest BCUT2D eigenvalue weighted by molar-refractivity contribution is 9.10. The van der Waals surface area contributed by atoms with Gasteiger partial charge in [-0.05, 0) is 35.0 Å². The third-order valence-electron chi connectivity index (χ3n) is 1.49. The van der Waals surface area contributed by atoms with Crippen molar-refractivity contribution in [2.45, 2.75) is 19.4 Å². The highest BCUT2D eigenvalue weighted by atomic mass is 79.9. The van der Waals surface area contributed by atoms with Crippen LogP contribution in [0.25, 0.3) is 0 Å². The number of furan rings is 1. The molecule has 1 rings (SSSR count). The zero-order valence-electron chi connectivity index (χ0n) is 6.71. The van der Waals surface area contributed by atoms with Crippen LogP contribution in [0.4, 0.5) is 0 Å². The number of hydrogen-bond donors (Lipinski definition) is 1. The van der Waals surface area contributed by atoms with E-state index in [0.29, 0.717) is 10.4 Å². The van der Waals surface area contributed by atoms with Gasteiger partial charge in [-0.3, -0.25) is 4.79 Å². The fourth-order valence-electron chi connectivity index (χ4n) is 0.779. The van der Waals surface area contributed by atoms with E-state index in [1.807, 2.05) is 0 Å². The largest absolute Gasteiger partial charge is 0.454 e. The minimum Gasteiger partial charge on any atom is -0.454 e. The minimum atomic E-state index is -0.422. The Hall–Kier alpha value is -0.610. The van der Waals surface area contributed by atoms with Crippen molar-refractivity contribution >= 4 is 21.7 Å². The molecule has 12 heavy (non-hydrogen) atoms. The molecule has 66 valence electrons. The van der Waals surface area contributed by atoms with Gasteiger partial charge in [-0.2, -0.15) is 0 Å². The smallest absolute Gasteiger partial charge is 0.169 e. The zero-order valence-corrected chi connectivity index (χ0v) is 8.30. The van der Waals surface area contributed by atoms with E-state index in [9.17, 15) is 4.79 Å². The number of Topliss-reactive ketones (excluding diaryl/α,β-unsaturated/α-hetero) is 1. The van der Waals surface area contributed by atoms with E-state index in [4.69, 9.17) is 10.2 Å². The van der Waals surface area contributed by atoms with Crippen LogP contribution in [-0.4, -0.2) is 11.8 Å². The average molecular weight is 232 g/mol. The first kappa shape index (κ1) is 9.48. The average Bonchev–Trinajstić information content (AvgIpc) is 2.35. The lowest BCUT2D eigenvalue weighted by Gasteiger charge is -2.00. The van der Waals surface area contributed by atoms with Crippen molar-refractivity contribution in [3.8, 4) is 0 Å². The van der Waals surface area contributed by atoms with E-state index in [1.165, 1.54) is 0 Å². The quantitative estimate of drug-likeness (QED) is 0.859. The Morgan fingerprint density at radius 2 is 2.42 bits per heavy atom. The second-order valence-electron chi connectivity index (χ2n) is 2.64. The Balaban J connectivity index is 2.58. The molecule has 0 aromatic carbocycles. The van der Waals surface area contributed by atoms with E-state index >= 15 is 0 Å². The van der Waals surface area contributed by atoms with Crippen LogP contribution in [0.5, 0.6) is 0 Å². The molecule has 3 nitrogen and oxygen atoms in total. The van der Waals surface area contributed by atoms with Gasteiger partial charge < -0.3 is 10.2 Å². The molecule has 0 amide bonds. The molecule has 0 bridgehead atoms. The standard InChI is InChI=1S/C8H10BrNO2/c1-5(10)7(11)4-6-2-3-8(9)12-6/h2-3,5H,4,10H2,1H3. The van der Waals surface area contributed by atoms with E-state index in [1.54, 1.807) is 19.1 Å². The second-order valence-corrected chi connectivity index (χ2v) is 3.42. The Morgan fingerprint density at radius 3 is 2.83 bits per heavy atom. The van der Waals surface area contributed by atoms with E-state index < -0.39 is 6.04 Å². The lowest BCUT2D eigenvalue weighted by molar-refractivity contribution is -0.119. The molecular formula is C8H10BrNO2. The summed E-state index contributed by atoms with van der Waals surface area (Å²) in [6.07, 6.45) is 0.267. The van der Waals surface area contributed by atoms with E-state index in [-0.39, 0.29) is 12.2 Å². The zero-order chi connectivity index (χ0) is 9.14. The molecule has 0 aliphatic rings. The van der Waals surface area contributed by atoms with Gasteiger partial charge in [0.05, 0.1) is 12.5 Å². The Labute approximate surface area is 79.1 Å². The Bertz CT molecular complexity index is 280. The summed E-state index contributed by atoms with van der Waals surface area (Å²) in [6.45, 7) is 1.67. The maximum absolute atomic E-state index is 11.1. The molecule has 1 heterocycles. The summed E-state index contributed by atoms with van der Waals surface area (Å²) < 4.78 is 5.78. The number of carbonyl (C=O) groups excluding carboxylic acids is 1. The number of ketones is 1. The van der Waals surface area contributed by atoms with E-state index in [0.717, 1.165) is 0 Å². The van der Waals surface area contributed by atoms with Crippen molar-refractivity contribution in [3.05, 3.63) is 22.6 Å². The molecule has 0 radical (unpaired) electrons. The third-order valence-corrected chi connectivity index (χ3v) is 1.91. The van der Waals surface area contributed by atoms with Crippen molar-refractivity contribution in [1.29, 1.82) is 0 Å². The van der Waals surface area contributed by atoms with Crippen molar-refractivity contribution in [3.63, 3.8) is 0 Å². The lowest BCUT2D eigenvalue weighted by atomic mass is 10.1. The molecule has 1 atom stereocenters. The summed E-state index contributed by atoms with van der Waals surface area (Å²) in [4.78, 5) is 11.1. The van der Waals surface area contributed by atoms with Crippen molar-refractivity contribution in [2.75, 3.05) is 0 Å². The molecule has 0 fully saturated rings. The summed E-state index contributed by atoms with van der Waals surface area (Å²) >= 11 is 3.15.